The summed E-state index contributed by atoms with van der Waals surface area (Å²) in [6.07, 6.45) is 0.744. The maximum Gasteiger partial charge on any atom is 0.139 e. The molecule has 0 saturated carbocycles. The molecule has 1 aliphatic heterocycles. The van der Waals surface area contributed by atoms with E-state index in [1.807, 2.05) is 35.3 Å². The van der Waals surface area contributed by atoms with E-state index in [1.54, 1.807) is 6.07 Å². The molecule has 5 nitrogen and oxygen atoms in total. The highest BCUT2D eigenvalue weighted by atomic mass is 32.1. The zero-order valence-electron chi connectivity index (χ0n) is 11.7. The fraction of sp³-hybridized carbons (Fsp3) is 0.125. The molecule has 0 atom stereocenters. The first-order chi connectivity index (χ1) is 10.6. The minimum Gasteiger partial charge on any atom is -0.508 e. The van der Waals surface area contributed by atoms with Gasteiger partial charge in [0, 0.05) is 19.0 Å². The van der Waals surface area contributed by atoms with Gasteiger partial charge in [-0.05, 0) is 24.3 Å². The molecule has 2 aromatic rings. The van der Waals surface area contributed by atoms with Crippen molar-refractivity contribution in [3.8, 4) is 11.5 Å². The Morgan fingerprint density at radius 3 is 2.64 bits per heavy atom. The molecule has 0 bridgehead atoms. The van der Waals surface area contributed by atoms with Crippen LogP contribution in [0.1, 0.15) is 12.0 Å². The van der Waals surface area contributed by atoms with Crippen molar-refractivity contribution in [2.75, 3.05) is 11.6 Å². The van der Waals surface area contributed by atoms with E-state index in [9.17, 15) is 10.2 Å². The topological polar surface area (TPSA) is 68.1 Å². The smallest absolute Gasteiger partial charge is 0.139 e. The number of amidine groups is 1. The molecule has 0 spiro atoms. The second-order valence-corrected chi connectivity index (χ2v) is 5.30. The molecule has 2 aromatic carbocycles. The first-order valence-corrected chi connectivity index (χ1v) is 7.27. The van der Waals surface area contributed by atoms with Crippen LogP contribution >= 0.6 is 12.2 Å². The van der Waals surface area contributed by atoms with Gasteiger partial charge in [0.05, 0.1) is 11.3 Å². The number of hydrazine groups is 1. The number of para-hydroxylation sites is 1. The van der Waals surface area contributed by atoms with Gasteiger partial charge in [-0.1, -0.05) is 30.4 Å². The average molecular weight is 313 g/mol. The van der Waals surface area contributed by atoms with Crippen molar-refractivity contribution in [1.29, 1.82) is 0 Å². The first-order valence-electron chi connectivity index (χ1n) is 6.86. The summed E-state index contributed by atoms with van der Waals surface area (Å²) in [5.74, 6) is 0.666. The Balaban J connectivity index is 1.75. The van der Waals surface area contributed by atoms with Crippen molar-refractivity contribution < 1.29 is 10.2 Å². The van der Waals surface area contributed by atoms with Gasteiger partial charge < -0.3 is 10.2 Å². The highest BCUT2D eigenvalue weighted by molar-refractivity contribution is 7.80. The van der Waals surface area contributed by atoms with Gasteiger partial charge in [0.2, 0.25) is 0 Å². The summed E-state index contributed by atoms with van der Waals surface area (Å²) < 4.78 is 0. The predicted molar refractivity (Wildman–Crippen MR) is 90.4 cm³/mol. The summed E-state index contributed by atoms with van der Waals surface area (Å²) in [6, 6.07) is 14.2. The van der Waals surface area contributed by atoms with E-state index >= 15 is 0 Å². The van der Waals surface area contributed by atoms with E-state index in [4.69, 9.17) is 12.2 Å². The van der Waals surface area contributed by atoms with Crippen LogP contribution in [0.15, 0.2) is 53.5 Å². The Bertz CT molecular complexity index is 731. The Kier molecular flexibility index (Phi) is 3.93. The molecule has 112 valence electrons. The average Bonchev–Trinajstić information content (AvgIpc) is 2.96. The quantitative estimate of drug-likeness (QED) is 0.744. The predicted octanol–water partition coefficient (Wildman–Crippen LogP) is 2.59. The molecular weight excluding hydrogens is 298 g/mol. The molecule has 0 radical (unpaired) electrons. The first kappa shape index (κ1) is 14.3. The monoisotopic (exact) mass is 313 g/mol. The summed E-state index contributed by atoms with van der Waals surface area (Å²) in [5.41, 5.74) is 4.70. The molecule has 6 heteroatoms. The van der Waals surface area contributed by atoms with E-state index in [0.717, 1.165) is 24.5 Å². The van der Waals surface area contributed by atoms with Crippen LogP contribution in [0.2, 0.25) is 0 Å². The van der Waals surface area contributed by atoms with E-state index in [2.05, 4.69) is 10.4 Å². The summed E-state index contributed by atoms with van der Waals surface area (Å²) in [4.78, 5) is 4.65. The third kappa shape index (κ3) is 3.01. The standard InChI is InChI=1S/C16H15N3O2S/c20-12-6-7-13(14(21)10-12)16(22)17-15-8-9-19(18-15)11-4-2-1-3-5-11/h1-7,10,20-21H,8-9H2,(H,17,18,22). The minimum absolute atomic E-state index is 0.00838. The number of hydrogen-bond acceptors (Lipinski definition) is 4. The van der Waals surface area contributed by atoms with Crippen molar-refractivity contribution in [2.24, 2.45) is 4.99 Å². The number of anilines is 1. The molecule has 0 aromatic heterocycles. The summed E-state index contributed by atoms with van der Waals surface area (Å²) in [7, 11) is 0. The van der Waals surface area contributed by atoms with Gasteiger partial charge in [-0.15, -0.1) is 0 Å². The van der Waals surface area contributed by atoms with E-state index < -0.39 is 0 Å². The fourth-order valence-corrected chi connectivity index (χ4v) is 2.53. The maximum atomic E-state index is 9.82. The number of aromatic hydroxyl groups is 2. The summed E-state index contributed by atoms with van der Waals surface area (Å²) >= 11 is 5.26. The third-order valence-corrected chi connectivity index (χ3v) is 3.66. The third-order valence-electron chi connectivity index (χ3n) is 3.35. The molecular formula is C16H15N3O2S. The largest absolute Gasteiger partial charge is 0.508 e. The number of benzene rings is 2. The van der Waals surface area contributed by atoms with E-state index in [-0.39, 0.29) is 16.5 Å². The molecule has 1 heterocycles. The number of aliphatic imine (C=N–C) groups is 1. The number of phenols is 2. The Morgan fingerprint density at radius 2 is 1.91 bits per heavy atom. The zero-order chi connectivity index (χ0) is 15.5. The second-order valence-electron chi connectivity index (χ2n) is 4.91. The van der Waals surface area contributed by atoms with Gasteiger partial charge in [-0.25, -0.2) is 4.99 Å². The maximum absolute atomic E-state index is 9.82. The molecule has 0 aliphatic carbocycles. The molecule has 0 unspecified atom stereocenters. The highest BCUT2D eigenvalue weighted by Crippen LogP contribution is 2.24. The van der Waals surface area contributed by atoms with E-state index in [0.29, 0.717) is 5.56 Å². The van der Waals surface area contributed by atoms with Crippen molar-refractivity contribution in [3.63, 3.8) is 0 Å². The molecule has 3 rings (SSSR count). The number of hydrogen-bond donors (Lipinski definition) is 3. The Morgan fingerprint density at radius 1 is 1.14 bits per heavy atom. The lowest BCUT2D eigenvalue weighted by atomic mass is 10.2. The van der Waals surface area contributed by atoms with Crippen LogP contribution in [0.25, 0.3) is 0 Å². The lowest BCUT2D eigenvalue weighted by Gasteiger charge is -2.17. The van der Waals surface area contributed by atoms with Crippen molar-refractivity contribution in [2.45, 2.75) is 6.42 Å². The normalized spacial score (nSPS) is 15.8. The van der Waals surface area contributed by atoms with Crippen LogP contribution in [-0.2, 0) is 0 Å². The van der Waals surface area contributed by atoms with Crippen LogP contribution in [0.3, 0.4) is 0 Å². The molecule has 0 amide bonds. The lowest BCUT2D eigenvalue weighted by Crippen LogP contribution is -2.33. The number of nitrogens with zero attached hydrogens (tertiary/aromatic N) is 2. The van der Waals surface area contributed by atoms with Gasteiger partial charge in [0.1, 0.15) is 22.3 Å². The second kappa shape index (κ2) is 6.03. The number of phenolic OH excluding ortho intramolecular Hbond substituents is 2. The number of nitrogens with one attached hydrogen (secondary N) is 1. The van der Waals surface area contributed by atoms with Gasteiger partial charge in [-0.2, -0.15) is 0 Å². The SMILES string of the molecule is Oc1ccc(C(=S)N=C2CCN(c3ccccc3)N2)c(O)c1. The molecule has 1 saturated heterocycles. The van der Waals surface area contributed by atoms with Crippen LogP contribution in [0.5, 0.6) is 11.5 Å². The number of thiocarbonyl (C=S) groups is 1. The number of rotatable bonds is 2. The van der Waals surface area contributed by atoms with Gasteiger partial charge in [-0.3, -0.25) is 10.4 Å². The van der Waals surface area contributed by atoms with Crippen LogP contribution < -0.4 is 10.4 Å². The molecule has 1 fully saturated rings. The van der Waals surface area contributed by atoms with Crippen molar-refractivity contribution in [1.82, 2.24) is 5.43 Å². The van der Waals surface area contributed by atoms with Crippen LogP contribution in [0, 0.1) is 0 Å². The minimum atomic E-state index is -0.0766. The van der Waals surface area contributed by atoms with Gasteiger partial charge >= 0.3 is 0 Å². The van der Waals surface area contributed by atoms with Crippen LogP contribution in [-0.4, -0.2) is 27.6 Å². The van der Waals surface area contributed by atoms with Crippen molar-refractivity contribution >= 4 is 28.7 Å². The summed E-state index contributed by atoms with van der Waals surface area (Å²) in [6.45, 7) is 0.799. The Hall–Kier alpha value is -2.60. The zero-order valence-corrected chi connectivity index (χ0v) is 12.5. The molecule has 3 N–H and O–H groups in total. The molecule has 22 heavy (non-hydrogen) atoms. The van der Waals surface area contributed by atoms with Gasteiger partial charge in [0.25, 0.3) is 0 Å². The highest BCUT2D eigenvalue weighted by Gasteiger charge is 2.18. The van der Waals surface area contributed by atoms with Crippen molar-refractivity contribution in [3.05, 3.63) is 54.1 Å². The Labute approximate surface area is 133 Å². The summed E-state index contributed by atoms with van der Waals surface area (Å²) in [5, 5.41) is 21.1. The molecule has 1 aliphatic rings. The fourth-order valence-electron chi connectivity index (χ4n) is 2.25. The lowest BCUT2D eigenvalue weighted by molar-refractivity contribution is 0.450. The van der Waals surface area contributed by atoms with Gasteiger partial charge in [0.15, 0.2) is 0 Å². The van der Waals surface area contributed by atoms with E-state index in [1.165, 1.54) is 12.1 Å². The van der Waals surface area contributed by atoms with Crippen LogP contribution in [0.4, 0.5) is 5.69 Å².